The molecule has 5 nitrogen and oxygen atoms in total. The van der Waals surface area contributed by atoms with Crippen molar-refractivity contribution in [3.8, 4) is 0 Å². The van der Waals surface area contributed by atoms with E-state index in [0.29, 0.717) is 25.3 Å². The Hall–Kier alpha value is -1.62. The van der Waals surface area contributed by atoms with E-state index in [1.807, 2.05) is 13.0 Å². The standard InChI is InChI=1S/C11H15N3O2/c1-8-2-3-10(12-6-8)13-11(16)14-5-4-9(15)7-14/h2-3,6,9,15H,4-5,7H2,1H3,(H,12,13,16)/t9-/m0/s1. The lowest BCUT2D eigenvalue weighted by molar-refractivity contribution is 0.176. The number of nitrogens with zero attached hydrogens (tertiary/aromatic N) is 2. The molecule has 2 N–H and O–H groups in total. The number of nitrogens with one attached hydrogen (secondary N) is 1. The second-order valence-corrected chi connectivity index (χ2v) is 4.04. The molecule has 0 aliphatic carbocycles. The summed E-state index contributed by atoms with van der Waals surface area (Å²) in [6.45, 7) is 2.94. The molecule has 1 aliphatic heterocycles. The number of anilines is 1. The van der Waals surface area contributed by atoms with Gasteiger partial charge in [0.15, 0.2) is 0 Å². The van der Waals surface area contributed by atoms with Crippen molar-refractivity contribution in [3.05, 3.63) is 23.9 Å². The van der Waals surface area contributed by atoms with Gasteiger partial charge in [0.1, 0.15) is 5.82 Å². The molecule has 16 heavy (non-hydrogen) atoms. The molecular formula is C11H15N3O2. The predicted molar refractivity (Wildman–Crippen MR) is 60.2 cm³/mol. The topological polar surface area (TPSA) is 65.5 Å². The molecule has 1 aliphatic rings. The number of carbonyl (C=O) groups is 1. The quantitative estimate of drug-likeness (QED) is 0.743. The third kappa shape index (κ3) is 2.49. The highest BCUT2D eigenvalue weighted by Crippen LogP contribution is 2.11. The molecule has 0 radical (unpaired) electrons. The van der Waals surface area contributed by atoms with Gasteiger partial charge < -0.3 is 10.0 Å². The molecule has 86 valence electrons. The van der Waals surface area contributed by atoms with E-state index >= 15 is 0 Å². The fraction of sp³-hybridized carbons (Fsp3) is 0.455. The Morgan fingerprint density at radius 3 is 3.00 bits per heavy atom. The van der Waals surface area contributed by atoms with Crippen LogP contribution in [0, 0.1) is 6.92 Å². The maximum Gasteiger partial charge on any atom is 0.323 e. The van der Waals surface area contributed by atoms with Crippen molar-refractivity contribution in [1.29, 1.82) is 0 Å². The van der Waals surface area contributed by atoms with Crippen LogP contribution in [0.5, 0.6) is 0 Å². The summed E-state index contributed by atoms with van der Waals surface area (Å²) in [6.07, 6.45) is 1.96. The van der Waals surface area contributed by atoms with Gasteiger partial charge in [0.2, 0.25) is 0 Å². The van der Waals surface area contributed by atoms with Crippen molar-refractivity contribution in [3.63, 3.8) is 0 Å². The van der Waals surface area contributed by atoms with Crippen molar-refractivity contribution >= 4 is 11.8 Å². The van der Waals surface area contributed by atoms with Crippen LogP contribution in [0.2, 0.25) is 0 Å². The van der Waals surface area contributed by atoms with Crippen LogP contribution in [-0.4, -0.2) is 40.2 Å². The van der Waals surface area contributed by atoms with Crippen LogP contribution < -0.4 is 5.32 Å². The molecule has 0 unspecified atom stereocenters. The first-order valence-electron chi connectivity index (χ1n) is 5.32. The third-order valence-electron chi connectivity index (χ3n) is 2.60. The van der Waals surface area contributed by atoms with Crippen LogP contribution >= 0.6 is 0 Å². The highest BCUT2D eigenvalue weighted by Gasteiger charge is 2.24. The molecule has 0 aromatic carbocycles. The number of amides is 2. The Morgan fingerprint density at radius 2 is 2.44 bits per heavy atom. The zero-order valence-electron chi connectivity index (χ0n) is 9.18. The summed E-state index contributed by atoms with van der Waals surface area (Å²) in [4.78, 5) is 17.4. The van der Waals surface area contributed by atoms with E-state index in [4.69, 9.17) is 0 Å². The van der Waals surface area contributed by atoms with Crippen LogP contribution in [0.4, 0.5) is 10.6 Å². The lowest BCUT2D eigenvalue weighted by Gasteiger charge is -2.15. The molecule has 2 rings (SSSR count). The number of aliphatic hydroxyl groups is 1. The van der Waals surface area contributed by atoms with E-state index in [9.17, 15) is 9.90 Å². The first kappa shape index (κ1) is 10.9. The SMILES string of the molecule is Cc1ccc(NC(=O)N2CC[C@H](O)C2)nc1. The predicted octanol–water partition coefficient (Wildman–Crippen LogP) is 0.989. The smallest absolute Gasteiger partial charge is 0.323 e. The van der Waals surface area contributed by atoms with Gasteiger partial charge in [-0.15, -0.1) is 0 Å². The van der Waals surface area contributed by atoms with Gasteiger partial charge in [-0.3, -0.25) is 5.32 Å². The molecule has 0 bridgehead atoms. The average molecular weight is 221 g/mol. The molecule has 2 heterocycles. The molecule has 5 heteroatoms. The van der Waals surface area contributed by atoms with E-state index in [1.54, 1.807) is 17.2 Å². The lowest BCUT2D eigenvalue weighted by Crippen LogP contribution is -2.33. The van der Waals surface area contributed by atoms with Gasteiger partial charge in [-0.25, -0.2) is 9.78 Å². The number of aliphatic hydroxyl groups excluding tert-OH is 1. The minimum atomic E-state index is -0.392. The molecule has 0 saturated carbocycles. The van der Waals surface area contributed by atoms with E-state index in [1.165, 1.54) is 0 Å². The fourth-order valence-electron chi connectivity index (χ4n) is 1.66. The Kier molecular flexibility index (Phi) is 3.05. The van der Waals surface area contributed by atoms with Crippen LogP contribution in [0.1, 0.15) is 12.0 Å². The second kappa shape index (κ2) is 4.49. The summed E-state index contributed by atoms with van der Waals surface area (Å²) < 4.78 is 0. The summed E-state index contributed by atoms with van der Waals surface area (Å²) >= 11 is 0. The number of urea groups is 1. The van der Waals surface area contributed by atoms with E-state index < -0.39 is 6.10 Å². The zero-order valence-corrected chi connectivity index (χ0v) is 9.18. The number of likely N-dealkylation sites (tertiary alicyclic amines) is 1. The van der Waals surface area contributed by atoms with Crippen molar-refractivity contribution in [2.75, 3.05) is 18.4 Å². The summed E-state index contributed by atoms with van der Waals surface area (Å²) in [7, 11) is 0. The van der Waals surface area contributed by atoms with Crippen molar-refractivity contribution < 1.29 is 9.90 Å². The molecule has 1 fully saturated rings. The molecule has 1 atom stereocenters. The van der Waals surface area contributed by atoms with Gasteiger partial charge in [-0.05, 0) is 25.0 Å². The number of pyridine rings is 1. The Labute approximate surface area is 94.1 Å². The van der Waals surface area contributed by atoms with Gasteiger partial charge in [0, 0.05) is 19.3 Å². The minimum Gasteiger partial charge on any atom is -0.391 e. The van der Waals surface area contributed by atoms with Gasteiger partial charge in [0.05, 0.1) is 6.10 Å². The van der Waals surface area contributed by atoms with Crippen molar-refractivity contribution in [2.45, 2.75) is 19.4 Å². The number of aryl methyl sites for hydroxylation is 1. The lowest BCUT2D eigenvalue weighted by atomic mass is 10.3. The van der Waals surface area contributed by atoms with Gasteiger partial charge in [-0.1, -0.05) is 6.07 Å². The number of carbonyl (C=O) groups excluding carboxylic acids is 1. The summed E-state index contributed by atoms with van der Waals surface area (Å²) in [5, 5.41) is 12.0. The summed E-state index contributed by atoms with van der Waals surface area (Å²) in [6, 6.07) is 3.45. The monoisotopic (exact) mass is 221 g/mol. The zero-order chi connectivity index (χ0) is 11.5. The fourth-order valence-corrected chi connectivity index (χ4v) is 1.66. The van der Waals surface area contributed by atoms with E-state index in [0.717, 1.165) is 5.56 Å². The number of β-amino-alcohol motifs (C(OH)–C–C–N with tert-alkyl or cyclic N) is 1. The van der Waals surface area contributed by atoms with E-state index in [2.05, 4.69) is 10.3 Å². The molecule has 1 aromatic rings. The summed E-state index contributed by atoms with van der Waals surface area (Å²) in [5.41, 5.74) is 1.05. The van der Waals surface area contributed by atoms with Gasteiger partial charge in [-0.2, -0.15) is 0 Å². The highest BCUT2D eigenvalue weighted by atomic mass is 16.3. The number of hydrogen-bond acceptors (Lipinski definition) is 3. The normalized spacial score (nSPS) is 19.9. The Balaban J connectivity index is 1.94. The number of aromatic nitrogens is 1. The maximum absolute atomic E-state index is 11.7. The second-order valence-electron chi connectivity index (χ2n) is 4.04. The van der Waals surface area contributed by atoms with Gasteiger partial charge >= 0.3 is 6.03 Å². The Bertz CT molecular complexity index is 377. The maximum atomic E-state index is 11.7. The largest absolute Gasteiger partial charge is 0.391 e. The van der Waals surface area contributed by atoms with Crippen LogP contribution in [0.3, 0.4) is 0 Å². The van der Waals surface area contributed by atoms with Gasteiger partial charge in [0.25, 0.3) is 0 Å². The first-order chi connectivity index (χ1) is 7.65. The molecule has 2 amide bonds. The first-order valence-corrected chi connectivity index (χ1v) is 5.32. The minimum absolute atomic E-state index is 0.201. The average Bonchev–Trinajstić information content (AvgIpc) is 2.68. The van der Waals surface area contributed by atoms with Crippen LogP contribution in [-0.2, 0) is 0 Å². The summed E-state index contributed by atoms with van der Waals surface area (Å²) in [5.74, 6) is 0.539. The number of hydrogen-bond donors (Lipinski definition) is 2. The third-order valence-corrected chi connectivity index (χ3v) is 2.60. The highest BCUT2D eigenvalue weighted by molar-refractivity contribution is 5.88. The molecule has 1 saturated heterocycles. The van der Waals surface area contributed by atoms with Crippen LogP contribution in [0.15, 0.2) is 18.3 Å². The Morgan fingerprint density at radius 1 is 1.62 bits per heavy atom. The van der Waals surface area contributed by atoms with Crippen LogP contribution in [0.25, 0.3) is 0 Å². The molecule has 0 spiro atoms. The van der Waals surface area contributed by atoms with Crippen molar-refractivity contribution in [2.24, 2.45) is 0 Å². The van der Waals surface area contributed by atoms with Crippen molar-refractivity contribution in [1.82, 2.24) is 9.88 Å². The van der Waals surface area contributed by atoms with E-state index in [-0.39, 0.29) is 6.03 Å². The molecule has 1 aromatic heterocycles. The number of rotatable bonds is 1. The molecular weight excluding hydrogens is 206 g/mol.